The van der Waals surface area contributed by atoms with Crippen molar-refractivity contribution in [1.82, 2.24) is 9.29 Å². The zero-order chi connectivity index (χ0) is 21.8. The zero-order valence-corrected chi connectivity index (χ0v) is 18.4. The van der Waals surface area contributed by atoms with Crippen LogP contribution in [0, 0.1) is 0 Å². The molecule has 0 spiro atoms. The molecule has 2 aromatic carbocycles. The van der Waals surface area contributed by atoms with E-state index >= 15 is 0 Å². The Morgan fingerprint density at radius 2 is 1.90 bits per heavy atom. The molecular weight excluding hydrogens is 438 g/mol. The molecule has 0 bridgehead atoms. The van der Waals surface area contributed by atoms with Crippen LogP contribution < -0.4 is 10.1 Å². The molecule has 8 nitrogen and oxygen atoms in total. The fourth-order valence-electron chi connectivity index (χ4n) is 3.13. The van der Waals surface area contributed by atoms with E-state index in [2.05, 4.69) is 10.3 Å². The molecule has 2 heterocycles. The van der Waals surface area contributed by atoms with Crippen molar-refractivity contribution in [3.05, 3.63) is 59.5 Å². The predicted octanol–water partition coefficient (Wildman–Crippen LogP) is 3.09. The average molecular weight is 460 g/mol. The second-order valence-electron chi connectivity index (χ2n) is 6.76. The average Bonchev–Trinajstić information content (AvgIpc) is 3.28. The second-order valence-corrected chi connectivity index (χ2v) is 9.56. The number of carbonyl (C=O) groups is 1. The summed E-state index contributed by atoms with van der Waals surface area (Å²) in [7, 11) is -2.07. The molecule has 1 fully saturated rings. The Morgan fingerprint density at radius 3 is 2.61 bits per heavy atom. The van der Waals surface area contributed by atoms with Gasteiger partial charge in [-0.05, 0) is 42.5 Å². The van der Waals surface area contributed by atoms with Gasteiger partial charge in [0.15, 0.2) is 5.13 Å². The summed E-state index contributed by atoms with van der Waals surface area (Å²) in [5.74, 6) is 0.328. The molecule has 1 aliphatic rings. The van der Waals surface area contributed by atoms with Crippen molar-refractivity contribution < 1.29 is 22.7 Å². The van der Waals surface area contributed by atoms with Gasteiger partial charge in [0.2, 0.25) is 10.0 Å². The lowest BCUT2D eigenvalue weighted by Gasteiger charge is -2.26. The maximum atomic E-state index is 12.8. The number of hydrogen-bond donors (Lipinski definition) is 1. The maximum Gasteiger partial charge on any atom is 0.257 e. The number of methoxy groups -OCH3 is 1. The highest BCUT2D eigenvalue weighted by Crippen LogP contribution is 2.27. The Hall–Kier alpha value is -2.79. The molecule has 0 aliphatic carbocycles. The highest BCUT2D eigenvalue weighted by atomic mass is 32.2. The normalized spacial score (nSPS) is 14.9. The molecule has 1 N–H and O–H groups in total. The summed E-state index contributed by atoms with van der Waals surface area (Å²) >= 11 is 1.30. The van der Waals surface area contributed by atoms with Crippen LogP contribution in [-0.4, -0.2) is 57.0 Å². The molecule has 3 aromatic rings. The smallest absolute Gasteiger partial charge is 0.257 e. The van der Waals surface area contributed by atoms with Gasteiger partial charge < -0.3 is 9.47 Å². The quantitative estimate of drug-likeness (QED) is 0.608. The summed E-state index contributed by atoms with van der Waals surface area (Å²) in [4.78, 5) is 17.2. The number of nitrogens with zero attached hydrogens (tertiary/aromatic N) is 2. The largest absolute Gasteiger partial charge is 0.497 e. The number of thiazole rings is 1. The molecule has 1 amide bonds. The third kappa shape index (κ3) is 4.77. The summed E-state index contributed by atoms with van der Waals surface area (Å²) in [6.07, 6.45) is 0. The summed E-state index contributed by atoms with van der Waals surface area (Å²) in [6.45, 7) is 1.32. The van der Waals surface area contributed by atoms with E-state index in [9.17, 15) is 13.2 Å². The van der Waals surface area contributed by atoms with E-state index in [1.54, 1.807) is 19.2 Å². The Balaban J connectivity index is 1.49. The van der Waals surface area contributed by atoms with Gasteiger partial charge >= 0.3 is 0 Å². The number of benzene rings is 2. The number of morpholine rings is 1. The van der Waals surface area contributed by atoms with Gasteiger partial charge in [-0.2, -0.15) is 4.31 Å². The highest BCUT2D eigenvalue weighted by Gasteiger charge is 2.27. The molecule has 4 rings (SSSR count). The summed E-state index contributed by atoms with van der Waals surface area (Å²) < 4.78 is 37.4. The number of ether oxygens (including phenoxy) is 2. The molecule has 0 radical (unpaired) electrons. The van der Waals surface area contributed by atoms with Crippen LogP contribution in [0.4, 0.5) is 5.13 Å². The minimum absolute atomic E-state index is 0.0834. The van der Waals surface area contributed by atoms with Gasteiger partial charge in [-0.3, -0.25) is 10.1 Å². The third-order valence-corrected chi connectivity index (χ3v) is 7.47. The summed E-state index contributed by atoms with van der Waals surface area (Å²) in [6, 6.07) is 13.5. The molecule has 31 heavy (non-hydrogen) atoms. The van der Waals surface area contributed by atoms with E-state index in [-0.39, 0.29) is 10.5 Å². The maximum absolute atomic E-state index is 12.8. The van der Waals surface area contributed by atoms with Crippen LogP contribution in [0.5, 0.6) is 5.75 Å². The third-order valence-electron chi connectivity index (χ3n) is 4.81. The minimum atomic E-state index is -3.68. The first kappa shape index (κ1) is 21.4. The monoisotopic (exact) mass is 459 g/mol. The van der Waals surface area contributed by atoms with E-state index in [1.165, 1.54) is 27.8 Å². The molecule has 1 aliphatic heterocycles. The van der Waals surface area contributed by atoms with E-state index in [0.29, 0.717) is 31.4 Å². The van der Waals surface area contributed by atoms with Crippen LogP contribution in [0.2, 0.25) is 0 Å². The SMILES string of the molecule is COc1ccc(-c2csc(NC(=O)c3cccc(S(=O)(=O)N4CCOCC4)c3)n2)cc1. The molecule has 0 saturated carbocycles. The molecular formula is C21H21N3O5S2. The molecule has 1 saturated heterocycles. The van der Waals surface area contributed by atoms with Crippen LogP contribution in [-0.2, 0) is 14.8 Å². The lowest BCUT2D eigenvalue weighted by atomic mass is 10.2. The van der Waals surface area contributed by atoms with Crippen molar-refractivity contribution in [3.8, 4) is 17.0 Å². The fourth-order valence-corrected chi connectivity index (χ4v) is 5.30. The first-order valence-corrected chi connectivity index (χ1v) is 11.9. The van der Waals surface area contributed by atoms with Gasteiger partial charge in [-0.15, -0.1) is 11.3 Å². The topological polar surface area (TPSA) is 97.8 Å². The van der Waals surface area contributed by atoms with E-state index < -0.39 is 15.9 Å². The minimum Gasteiger partial charge on any atom is -0.497 e. The van der Waals surface area contributed by atoms with Crippen LogP contribution >= 0.6 is 11.3 Å². The van der Waals surface area contributed by atoms with Crippen LogP contribution in [0.3, 0.4) is 0 Å². The number of sulfonamides is 1. The zero-order valence-electron chi connectivity index (χ0n) is 16.8. The van der Waals surface area contributed by atoms with Crippen molar-refractivity contribution in [2.24, 2.45) is 0 Å². The van der Waals surface area contributed by atoms with Crippen molar-refractivity contribution in [2.75, 3.05) is 38.7 Å². The Bertz CT molecular complexity index is 1170. The standard InChI is InChI=1S/C21H21N3O5S2/c1-28-17-7-5-15(6-8-17)19-14-30-21(22-19)23-20(25)16-3-2-4-18(13-16)31(26,27)24-9-11-29-12-10-24/h2-8,13-14H,9-12H2,1H3,(H,22,23,25). The fraction of sp³-hybridized carbons (Fsp3) is 0.238. The Morgan fingerprint density at radius 1 is 1.16 bits per heavy atom. The number of hydrogen-bond acceptors (Lipinski definition) is 7. The lowest BCUT2D eigenvalue weighted by Crippen LogP contribution is -2.40. The highest BCUT2D eigenvalue weighted by molar-refractivity contribution is 7.89. The van der Waals surface area contributed by atoms with Crippen LogP contribution in [0.1, 0.15) is 10.4 Å². The van der Waals surface area contributed by atoms with Crippen molar-refractivity contribution in [1.29, 1.82) is 0 Å². The number of aromatic nitrogens is 1. The van der Waals surface area contributed by atoms with E-state index in [1.807, 2.05) is 29.6 Å². The lowest BCUT2D eigenvalue weighted by molar-refractivity contribution is 0.0730. The van der Waals surface area contributed by atoms with Crippen molar-refractivity contribution in [3.63, 3.8) is 0 Å². The number of anilines is 1. The van der Waals surface area contributed by atoms with Gasteiger partial charge in [0, 0.05) is 29.6 Å². The van der Waals surface area contributed by atoms with Gasteiger partial charge in [0.05, 0.1) is 30.9 Å². The first-order chi connectivity index (χ1) is 15.0. The van der Waals surface area contributed by atoms with E-state index in [4.69, 9.17) is 9.47 Å². The van der Waals surface area contributed by atoms with Gasteiger partial charge in [-0.25, -0.2) is 13.4 Å². The van der Waals surface area contributed by atoms with Gasteiger partial charge in [0.1, 0.15) is 5.75 Å². The van der Waals surface area contributed by atoms with Gasteiger partial charge in [-0.1, -0.05) is 6.07 Å². The Labute approximate surface area is 184 Å². The number of nitrogens with one attached hydrogen (secondary N) is 1. The number of rotatable bonds is 6. The van der Waals surface area contributed by atoms with E-state index in [0.717, 1.165) is 17.0 Å². The van der Waals surface area contributed by atoms with Crippen LogP contribution in [0.15, 0.2) is 58.8 Å². The first-order valence-electron chi connectivity index (χ1n) is 9.56. The molecule has 0 unspecified atom stereocenters. The summed E-state index contributed by atoms with van der Waals surface area (Å²) in [5, 5.41) is 5.02. The molecule has 10 heteroatoms. The number of amides is 1. The Kier molecular flexibility index (Phi) is 6.33. The van der Waals surface area contributed by atoms with Gasteiger partial charge in [0.25, 0.3) is 5.91 Å². The number of carbonyl (C=O) groups excluding carboxylic acids is 1. The summed E-state index contributed by atoms with van der Waals surface area (Å²) in [5.41, 5.74) is 1.87. The molecule has 1 aromatic heterocycles. The van der Waals surface area contributed by atoms with Crippen molar-refractivity contribution in [2.45, 2.75) is 4.90 Å². The van der Waals surface area contributed by atoms with Crippen molar-refractivity contribution >= 4 is 32.4 Å². The van der Waals surface area contributed by atoms with Crippen LogP contribution in [0.25, 0.3) is 11.3 Å². The molecule has 162 valence electrons. The predicted molar refractivity (Wildman–Crippen MR) is 118 cm³/mol. The molecule has 0 atom stereocenters. The second kappa shape index (κ2) is 9.15.